The third kappa shape index (κ3) is 4.81. The van der Waals surface area contributed by atoms with Crippen LogP contribution in [0.5, 0.6) is 0 Å². The van der Waals surface area contributed by atoms with Crippen LogP contribution in [0.3, 0.4) is 0 Å². The molecule has 1 fully saturated rings. The summed E-state index contributed by atoms with van der Waals surface area (Å²) in [6.45, 7) is 4.76. The maximum atomic E-state index is 11.8. The van der Waals surface area contributed by atoms with Gasteiger partial charge in [0.05, 0.1) is 7.11 Å². The maximum Gasteiger partial charge on any atom is 0.325 e. The normalized spacial score (nSPS) is 19.7. The van der Waals surface area contributed by atoms with Crippen molar-refractivity contribution < 1.29 is 9.53 Å². The lowest BCUT2D eigenvalue weighted by molar-refractivity contribution is -0.148. The van der Waals surface area contributed by atoms with Gasteiger partial charge < -0.3 is 10.1 Å². The van der Waals surface area contributed by atoms with Crippen molar-refractivity contribution in [1.29, 1.82) is 0 Å². The van der Waals surface area contributed by atoms with E-state index in [1.165, 1.54) is 32.8 Å². The molecule has 0 amide bonds. The maximum absolute atomic E-state index is 11.8. The number of thioether (sulfide) groups is 1. The molecule has 0 bridgehead atoms. The van der Waals surface area contributed by atoms with Crippen LogP contribution in [0.4, 0.5) is 0 Å². The van der Waals surface area contributed by atoms with E-state index in [1.807, 2.05) is 13.8 Å². The minimum Gasteiger partial charge on any atom is -0.468 e. The van der Waals surface area contributed by atoms with Gasteiger partial charge in [0, 0.05) is 5.25 Å². The summed E-state index contributed by atoms with van der Waals surface area (Å²) in [6, 6.07) is 0. The molecule has 1 rings (SSSR count). The van der Waals surface area contributed by atoms with Crippen molar-refractivity contribution in [3.05, 3.63) is 0 Å². The van der Waals surface area contributed by atoms with E-state index >= 15 is 0 Å². The van der Waals surface area contributed by atoms with E-state index in [-0.39, 0.29) is 5.97 Å². The van der Waals surface area contributed by atoms with Crippen molar-refractivity contribution in [1.82, 2.24) is 5.32 Å². The van der Waals surface area contributed by atoms with Crippen molar-refractivity contribution in [2.24, 2.45) is 0 Å². The molecule has 1 unspecified atom stereocenters. The molecule has 0 radical (unpaired) electrons. The largest absolute Gasteiger partial charge is 0.468 e. The molecule has 1 saturated carbocycles. The smallest absolute Gasteiger partial charge is 0.325 e. The fraction of sp³-hybridized carbons (Fsp3) is 0.929. The molecular weight excluding hydrogens is 246 g/mol. The molecule has 1 aliphatic rings. The summed E-state index contributed by atoms with van der Waals surface area (Å²) < 4.78 is 4.89. The molecule has 1 N–H and O–H groups in total. The molecular formula is C14H27NO2S. The van der Waals surface area contributed by atoms with E-state index in [1.54, 1.807) is 0 Å². The Hall–Kier alpha value is -0.220. The summed E-state index contributed by atoms with van der Waals surface area (Å²) in [6.07, 6.45) is 7.48. The zero-order chi connectivity index (χ0) is 13.4. The highest BCUT2D eigenvalue weighted by molar-refractivity contribution is 7.99. The molecule has 0 saturated heterocycles. The number of hydrogen-bond acceptors (Lipinski definition) is 4. The lowest BCUT2D eigenvalue weighted by Gasteiger charge is -2.27. The average molecular weight is 273 g/mol. The summed E-state index contributed by atoms with van der Waals surface area (Å²) in [5.41, 5.74) is -0.514. The number of nitrogens with one attached hydrogen (secondary N) is 1. The highest BCUT2D eigenvalue weighted by atomic mass is 32.2. The first-order valence-corrected chi connectivity index (χ1v) is 8.12. The highest BCUT2D eigenvalue weighted by Gasteiger charge is 2.32. The Morgan fingerprint density at radius 2 is 2.11 bits per heavy atom. The predicted molar refractivity (Wildman–Crippen MR) is 78.0 cm³/mol. The first-order chi connectivity index (χ1) is 8.62. The van der Waals surface area contributed by atoms with Crippen LogP contribution >= 0.6 is 11.8 Å². The third-order valence-electron chi connectivity index (χ3n) is 3.68. The van der Waals surface area contributed by atoms with Gasteiger partial charge in [0.15, 0.2) is 0 Å². The van der Waals surface area contributed by atoms with Crippen molar-refractivity contribution in [2.45, 2.75) is 63.2 Å². The Kier molecular flexibility index (Phi) is 7.08. The molecule has 0 aliphatic heterocycles. The predicted octanol–water partition coefficient (Wildman–Crippen LogP) is 2.98. The number of likely N-dealkylation sites (N-methyl/N-ethyl adjacent to an activating group) is 1. The van der Waals surface area contributed by atoms with Gasteiger partial charge in [0.2, 0.25) is 0 Å². The van der Waals surface area contributed by atoms with E-state index in [0.717, 1.165) is 30.4 Å². The van der Waals surface area contributed by atoms with Crippen LogP contribution in [0.25, 0.3) is 0 Å². The van der Waals surface area contributed by atoms with Crippen LogP contribution < -0.4 is 5.32 Å². The molecule has 1 atom stereocenters. The van der Waals surface area contributed by atoms with Crippen LogP contribution in [0.1, 0.15) is 52.4 Å². The zero-order valence-electron chi connectivity index (χ0n) is 12.0. The second kappa shape index (κ2) is 8.05. The van der Waals surface area contributed by atoms with Crippen LogP contribution in [0.15, 0.2) is 0 Å². The van der Waals surface area contributed by atoms with Gasteiger partial charge >= 0.3 is 5.97 Å². The van der Waals surface area contributed by atoms with Crippen molar-refractivity contribution in [3.63, 3.8) is 0 Å². The van der Waals surface area contributed by atoms with Gasteiger partial charge in [-0.1, -0.05) is 19.8 Å². The Balaban J connectivity index is 2.26. The molecule has 106 valence electrons. The fourth-order valence-electron chi connectivity index (χ4n) is 2.61. The molecule has 4 heteroatoms. The van der Waals surface area contributed by atoms with Crippen LogP contribution in [-0.2, 0) is 9.53 Å². The van der Waals surface area contributed by atoms with Crippen molar-refractivity contribution in [2.75, 3.05) is 19.4 Å². The fourth-order valence-corrected chi connectivity index (χ4v) is 3.92. The Bertz CT molecular complexity index is 254. The van der Waals surface area contributed by atoms with Crippen molar-refractivity contribution in [3.8, 4) is 0 Å². The molecule has 0 aromatic rings. The van der Waals surface area contributed by atoms with Gasteiger partial charge in [-0.25, -0.2) is 0 Å². The lowest BCUT2D eigenvalue weighted by Crippen LogP contribution is -2.50. The number of ether oxygens (including phenoxy) is 1. The zero-order valence-corrected chi connectivity index (χ0v) is 12.8. The Morgan fingerprint density at radius 3 is 2.67 bits per heavy atom. The van der Waals surface area contributed by atoms with Gasteiger partial charge in [-0.2, -0.15) is 11.8 Å². The van der Waals surface area contributed by atoms with E-state index in [9.17, 15) is 4.79 Å². The SMILES string of the molecule is CCNC(C)(CCCSC1CCCC1)C(=O)OC. The van der Waals surface area contributed by atoms with Gasteiger partial charge in [0.1, 0.15) is 5.54 Å². The molecule has 0 spiro atoms. The van der Waals surface area contributed by atoms with Gasteiger partial charge in [-0.15, -0.1) is 0 Å². The minimum absolute atomic E-state index is 0.143. The van der Waals surface area contributed by atoms with Gasteiger partial charge in [0.25, 0.3) is 0 Å². The quantitative estimate of drug-likeness (QED) is 0.545. The highest BCUT2D eigenvalue weighted by Crippen LogP contribution is 2.30. The molecule has 18 heavy (non-hydrogen) atoms. The molecule has 0 aromatic carbocycles. The number of esters is 1. The summed E-state index contributed by atoms with van der Waals surface area (Å²) in [5.74, 6) is 1.01. The first-order valence-electron chi connectivity index (χ1n) is 7.07. The second-order valence-corrected chi connectivity index (χ2v) is 6.64. The second-order valence-electron chi connectivity index (χ2n) is 5.23. The van der Waals surface area contributed by atoms with Gasteiger partial charge in [-0.05, 0) is 44.9 Å². The molecule has 1 aliphatic carbocycles. The third-order valence-corrected chi connectivity index (χ3v) is 5.15. The summed E-state index contributed by atoms with van der Waals surface area (Å²) in [7, 11) is 1.46. The molecule has 0 aromatic heterocycles. The lowest BCUT2D eigenvalue weighted by atomic mass is 9.96. The summed E-state index contributed by atoms with van der Waals surface area (Å²) in [4.78, 5) is 11.8. The monoisotopic (exact) mass is 273 g/mol. The van der Waals surface area contributed by atoms with Crippen molar-refractivity contribution >= 4 is 17.7 Å². The van der Waals surface area contributed by atoms with E-state index < -0.39 is 5.54 Å². The summed E-state index contributed by atoms with van der Waals surface area (Å²) >= 11 is 2.08. The van der Waals surface area contributed by atoms with Crippen LogP contribution in [0.2, 0.25) is 0 Å². The molecule has 0 heterocycles. The standard InChI is InChI=1S/C14H27NO2S/c1-4-15-14(2,13(16)17-3)10-7-11-18-12-8-5-6-9-12/h12,15H,4-11H2,1-3H3. The number of methoxy groups -OCH3 is 1. The van der Waals surface area contributed by atoms with E-state index in [0.29, 0.717) is 0 Å². The summed E-state index contributed by atoms with van der Waals surface area (Å²) in [5, 5.41) is 4.12. The minimum atomic E-state index is -0.514. The number of hydrogen-bond donors (Lipinski definition) is 1. The van der Waals surface area contributed by atoms with Gasteiger partial charge in [-0.3, -0.25) is 4.79 Å². The number of carbonyl (C=O) groups excluding carboxylic acids is 1. The Labute approximate surface area is 115 Å². The Morgan fingerprint density at radius 1 is 1.44 bits per heavy atom. The van der Waals surface area contributed by atoms with E-state index in [2.05, 4.69) is 17.1 Å². The topological polar surface area (TPSA) is 38.3 Å². The van der Waals surface area contributed by atoms with E-state index in [4.69, 9.17) is 4.74 Å². The number of rotatable bonds is 8. The average Bonchev–Trinajstić information content (AvgIpc) is 2.87. The first kappa shape index (κ1) is 15.8. The van der Waals surface area contributed by atoms with Crippen LogP contribution in [0, 0.1) is 0 Å². The number of carbonyl (C=O) groups is 1. The molecule has 3 nitrogen and oxygen atoms in total. The van der Waals surface area contributed by atoms with Crippen LogP contribution in [-0.4, -0.2) is 36.2 Å².